The quantitative estimate of drug-likeness (QED) is 0.205. The molecule has 1 aliphatic rings. The van der Waals surface area contributed by atoms with E-state index in [2.05, 4.69) is 50.3 Å². The molecule has 5 N–H and O–H groups in total. The first-order valence-electron chi connectivity index (χ1n) is 14.3. The molecule has 0 radical (unpaired) electrons. The van der Waals surface area contributed by atoms with Crippen LogP contribution >= 0.6 is 0 Å². The Hall–Kier alpha value is -4.58. The zero-order valence-electron chi connectivity index (χ0n) is 25.4. The molecule has 2 aromatic heterocycles. The van der Waals surface area contributed by atoms with E-state index in [4.69, 9.17) is 20.2 Å². The average Bonchev–Trinajstić information content (AvgIpc) is 3.44. The first kappa shape index (κ1) is 29.9. The molecule has 1 aliphatic heterocycles. The number of amides is 1. The van der Waals surface area contributed by atoms with Gasteiger partial charge in [-0.1, -0.05) is 0 Å². The van der Waals surface area contributed by atoms with Crippen LogP contribution in [0.4, 0.5) is 27.4 Å². The van der Waals surface area contributed by atoms with E-state index in [1.807, 2.05) is 32.0 Å². The fraction of sp³-hybridized carbons (Fsp3) is 0.387. The van der Waals surface area contributed by atoms with E-state index < -0.39 is 17.3 Å². The molecule has 0 aliphatic carbocycles. The molecule has 3 heterocycles. The van der Waals surface area contributed by atoms with Crippen molar-refractivity contribution in [1.29, 1.82) is 0 Å². The van der Waals surface area contributed by atoms with E-state index >= 15 is 0 Å². The molecule has 228 valence electrons. The highest BCUT2D eigenvalue weighted by atomic mass is 19.1. The molecule has 0 atom stereocenters. The van der Waals surface area contributed by atoms with Gasteiger partial charge < -0.3 is 35.7 Å². The van der Waals surface area contributed by atoms with Crippen molar-refractivity contribution in [2.75, 3.05) is 55.9 Å². The van der Waals surface area contributed by atoms with Gasteiger partial charge in [-0.05, 0) is 52.0 Å². The Balaban J connectivity index is 1.45. The number of nitrogens with two attached hydrogens (primary N) is 1. The lowest BCUT2D eigenvalue weighted by atomic mass is 9.96. The SMILES string of the molecule is COc1cc(N2CCN(C(C)C)CC2)ccc1Nc1nc(C(C)(C)Nc2cc(F)cc(OC)c2C(N)=O)c2cc[nH]c2n1. The first-order valence-corrected chi connectivity index (χ1v) is 14.3. The van der Waals surface area contributed by atoms with Gasteiger partial charge in [-0.2, -0.15) is 4.98 Å². The second-order valence-corrected chi connectivity index (χ2v) is 11.4. The standard InChI is InChI=1S/C31H39FN8O3/c1-18(2)39-11-13-40(14-12-39)20-7-8-22(24(17-20)42-5)35-30-36-27(21-9-10-34-29(21)37-30)31(3,4)38-23-15-19(32)16-25(43-6)26(23)28(33)41/h7-10,15-18,38H,11-14H2,1-6H3,(H2,33,41)(H2,34,35,36,37). The number of ether oxygens (including phenoxy) is 2. The fourth-order valence-electron chi connectivity index (χ4n) is 5.56. The van der Waals surface area contributed by atoms with E-state index in [0.717, 1.165) is 43.3 Å². The van der Waals surface area contributed by atoms with Crippen molar-refractivity contribution in [3.8, 4) is 11.5 Å². The monoisotopic (exact) mass is 590 g/mol. The van der Waals surface area contributed by atoms with E-state index in [1.165, 1.54) is 13.2 Å². The Kier molecular flexibility index (Phi) is 8.32. The highest BCUT2D eigenvalue weighted by Gasteiger charge is 2.29. The minimum absolute atomic E-state index is 0.0416. The smallest absolute Gasteiger partial charge is 0.254 e. The van der Waals surface area contributed by atoms with Gasteiger partial charge in [0.1, 0.15) is 28.5 Å². The fourth-order valence-corrected chi connectivity index (χ4v) is 5.56. The van der Waals surface area contributed by atoms with Crippen LogP contribution in [0.15, 0.2) is 42.6 Å². The molecular formula is C31H39FN8O3. The number of fused-ring (bicyclic) bond motifs is 1. The number of hydrogen-bond donors (Lipinski definition) is 4. The van der Waals surface area contributed by atoms with Gasteiger partial charge in [-0.25, -0.2) is 9.37 Å². The van der Waals surface area contributed by atoms with Crippen LogP contribution in [0.25, 0.3) is 11.0 Å². The highest BCUT2D eigenvalue weighted by Crippen LogP contribution is 2.36. The topological polar surface area (TPSA) is 134 Å². The number of aromatic amines is 1. The van der Waals surface area contributed by atoms with Crippen molar-refractivity contribution in [3.63, 3.8) is 0 Å². The lowest BCUT2D eigenvalue weighted by molar-refractivity contribution is 0.0998. The summed E-state index contributed by atoms with van der Waals surface area (Å²) in [4.78, 5) is 29.9. The third-order valence-corrected chi connectivity index (χ3v) is 7.83. The van der Waals surface area contributed by atoms with E-state index in [-0.39, 0.29) is 17.0 Å². The summed E-state index contributed by atoms with van der Waals surface area (Å²) >= 11 is 0. The number of aromatic nitrogens is 3. The van der Waals surface area contributed by atoms with Gasteiger partial charge in [-0.15, -0.1) is 0 Å². The summed E-state index contributed by atoms with van der Waals surface area (Å²) in [6.07, 6.45) is 1.77. The second-order valence-electron chi connectivity index (χ2n) is 11.4. The van der Waals surface area contributed by atoms with E-state index in [1.54, 1.807) is 13.3 Å². The third kappa shape index (κ3) is 6.14. The van der Waals surface area contributed by atoms with Gasteiger partial charge in [0.2, 0.25) is 5.95 Å². The van der Waals surface area contributed by atoms with E-state index in [0.29, 0.717) is 34.8 Å². The van der Waals surface area contributed by atoms with Crippen molar-refractivity contribution < 1.29 is 18.7 Å². The number of rotatable bonds is 10. The summed E-state index contributed by atoms with van der Waals surface area (Å²) < 4.78 is 25.5. The van der Waals surface area contributed by atoms with Crippen LogP contribution < -0.4 is 30.7 Å². The largest absolute Gasteiger partial charge is 0.496 e. The molecule has 43 heavy (non-hydrogen) atoms. The molecular weight excluding hydrogens is 551 g/mol. The second kappa shape index (κ2) is 12.0. The van der Waals surface area contributed by atoms with Gasteiger partial charge in [0.05, 0.1) is 36.8 Å². The van der Waals surface area contributed by atoms with Crippen LogP contribution in [0.1, 0.15) is 43.7 Å². The molecule has 0 unspecified atom stereocenters. The number of primary amides is 1. The highest BCUT2D eigenvalue weighted by molar-refractivity contribution is 6.01. The molecule has 4 aromatic rings. The number of nitrogens with one attached hydrogen (secondary N) is 3. The molecule has 1 saturated heterocycles. The predicted octanol–water partition coefficient (Wildman–Crippen LogP) is 4.83. The Bertz CT molecular complexity index is 1630. The van der Waals surface area contributed by atoms with Gasteiger partial charge in [0, 0.05) is 61.6 Å². The lowest BCUT2D eigenvalue weighted by Crippen LogP contribution is -2.48. The summed E-state index contributed by atoms with van der Waals surface area (Å²) in [5, 5.41) is 7.34. The van der Waals surface area contributed by atoms with Crippen LogP contribution in [-0.4, -0.2) is 72.2 Å². The van der Waals surface area contributed by atoms with Crippen molar-refractivity contribution >= 4 is 40.0 Å². The Labute approximate surface area is 250 Å². The number of methoxy groups -OCH3 is 2. The Morgan fingerprint density at radius 3 is 2.40 bits per heavy atom. The van der Waals surface area contributed by atoms with Crippen LogP contribution in [0.2, 0.25) is 0 Å². The van der Waals surface area contributed by atoms with Gasteiger partial charge in [0.25, 0.3) is 5.91 Å². The minimum Gasteiger partial charge on any atom is -0.496 e. The van der Waals surface area contributed by atoms with Crippen LogP contribution in [0.5, 0.6) is 11.5 Å². The van der Waals surface area contributed by atoms with Crippen LogP contribution in [0.3, 0.4) is 0 Å². The van der Waals surface area contributed by atoms with Gasteiger partial charge in [0.15, 0.2) is 0 Å². The maximum absolute atomic E-state index is 14.5. The number of carbonyl (C=O) groups is 1. The number of carbonyl (C=O) groups excluding carboxylic acids is 1. The van der Waals surface area contributed by atoms with Gasteiger partial charge in [-0.3, -0.25) is 9.69 Å². The van der Waals surface area contributed by atoms with Crippen LogP contribution in [-0.2, 0) is 5.54 Å². The summed E-state index contributed by atoms with van der Waals surface area (Å²) in [7, 11) is 2.99. The number of anilines is 4. The molecule has 1 amide bonds. The average molecular weight is 591 g/mol. The van der Waals surface area contributed by atoms with Crippen molar-refractivity contribution in [2.24, 2.45) is 5.73 Å². The molecule has 0 bridgehead atoms. The number of nitrogens with zero attached hydrogens (tertiary/aromatic N) is 4. The van der Waals surface area contributed by atoms with Crippen molar-refractivity contribution in [2.45, 2.75) is 39.3 Å². The maximum Gasteiger partial charge on any atom is 0.254 e. The summed E-state index contributed by atoms with van der Waals surface area (Å²) in [5.74, 6) is -0.280. The summed E-state index contributed by atoms with van der Waals surface area (Å²) in [5.41, 5.74) is 7.99. The number of halogens is 1. The number of hydrogen-bond acceptors (Lipinski definition) is 9. The lowest BCUT2D eigenvalue weighted by Gasteiger charge is -2.38. The Morgan fingerprint density at radius 2 is 1.74 bits per heavy atom. The molecule has 2 aromatic carbocycles. The van der Waals surface area contributed by atoms with Crippen LogP contribution in [0, 0.1) is 5.82 Å². The van der Waals surface area contributed by atoms with Gasteiger partial charge >= 0.3 is 0 Å². The molecule has 1 fully saturated rings. The zero-order chi connectivity index (χ0) is 30.9. The zero-order valence-corrected chi connectivity index (χ0v) is 25.4. The van der Waals surface area contributed by atoms with Crippen molar-refractivity contribution in [1.82, 2.24) is 19.9 Å². The number of benzene rings is 2. The summed E-state index contributed by atoms with van der Waals surface area (Å²) in [6.45, 7) is 12.1. The molecule has 0 saturated carbocycles. The molecule has 12 heteroatoms. The minimum atomic E-state index is -0.908. The summed E-state index contributed by atoms with van der Waals surface area (Å²) in [6, 6.07) is 10.8. The van der Waals surface area contributed by atoms with Crippen molar-refractivity contribution in [3.05, 3.63) is 59.7 Å². The number of piperazine rings is 1. The number of H-pyrrole nitrogens is 1. The predicted molar refractivity (Wildman–Crippen MR) is 167 cm³/mol. The molecule has 0 spiro atoms. The third-order valence-electron chi connectivity index (χ3n) is 7.83. The normalized spacial score (nSPS) is 14.3. The Morgan fingerprint density at radius 1 is 1.02 bits per heavy atom. The first-order chi connectivity index (χ1) is 20.5. The molecule has 11 nitrogen and oxygen atoms in total. The molecule has 5 rings (SSSR count). The van der Waals surface area contributed by atoms with E-state index in [9.17, 15) is 9.18 Å². The maximum atomic E-state index is 14.5.